The molecule has 112 valence electrons. The Labute approximate surface area is 127 Å². The Kier molecular flexibility index (Phi) is 4.95. The van der Waals surface area contributed by atoms with E-state index in [1.54, 1.807) is 0 Å². The van der Waals surface area contributed by atoms with Crippen LogP contribution in [-0.2, 0) is 11.3 Å². The second-order valence-electron chi connectivity index (χ2n) is 6.12. The summed E-state index contributed by atoms with van der Waals surface area (Å²) in [4.78, 5) is 2.40. The molecule has 3 nitrogen and oxygen atoms in total. The third-order valence-electron chi connectivity index (χ3n) is 3.52. The number of nitrogens with zero attached hydrogens (tertiary/aromatic N) is 1. The van der Waals surface area contributed by atoms with Crippen LogP contribution in [0.5, 0.6) is 0 Å². The van der Waals surface area contributed by atoms with Crippen molar-refractivity contribution in [2.75, 3.05) is 24.5 Å². The van der Waals surface area contributed by atoms with Crippen molar-refractivity contribution in [1.29, 1.82) is 0 Å². The molecule has 0 saturated carbocycles. The SMILES string of the molecule is CCNCc1ccc(Cl)cc1N1CC(C)OC(C)(C)C1. The molecule has 0 bridgehead atoms. The molecule has 1 aliphatic heterocycles. The summed E-state index contributed by atoms with van der Waals surface area (Å²) in [7, 11) is 0. The standard InChI is InChI=1S/C16H25ClN2O/c1-5-18-9-13-6-7-14(17)8-15(13)19-10-12(2)20-16(3,4)11-19/h6-8,12,18H,5,9-11H2,1-4H3. The molecule has 1 N–H and O–H groups in total. The van der Waals surface area contributed by atoms with E-state index in [4.69, 9.17) is 16.3 Å². The average Bonchev–Trinajstić information content (AvgIpc) is 2.35. The molecular formula is C16H25ClN2O. The highest BCUT2D eigenvalue weighted by Crippen LogP contribution is 2.30. The van der Waals surface area contributed by atoms with E-state index >= 15 is 0 Å². The van der Waals surface area contributed by atoms with Crippen molar-refractivity contribution in [3.63, 3.8) is 0 Å². The topological polar surface area (TPSA) is 24.5 Å². The average molecular weight is 297 g/mol. The molecule has 0 spiro atoms. The maximum atomic E-state index is 6.20. The van der Waals surface area contributed by atoms with Crippen molar-refractivity contribution in [3.05, 3.63) is 28.8 Å². The highest BCUT2D eigenvalue weighted by Gasteiger charge is 2.32. The van der Waals surface area contributed by atoms with Crippen molar-refractivity contribution in [3.8, 4) is 0 Å². The molecule has 1 fully saturated rings. The molecular weight excluding hydrogens is 272 g/mol. The van der Waals surface area contributed by atoms with E-state index in [0.29, 0.717) is 0 Å². The largest absolute Gasteiger partial charge is 0.369 e. The zero-order valence-corrected chi connectivity index (χ0v) is 13.6. The first-order valence-corrected chi connectivity index (χ1v) is 7.71. The molecule has 0 aromatic heterocycles. The summed E-state index contributed by atoms with van der Waals surface area (Å²) in [6.45, 7) is 12.2. The van der Waals surface area contributed by atoms with Crippen LogP contribution in [0.3, 0.4) is 0 Å². The minimum atomic E-state index is -0.130. The lowest BCUT2D eigenvalue weighted by Gasteiger charge is -2.43. The minimum Gasteiger partial charge on any atom is -0.369 e. The van der Waals surface area contributed by atoms with Crippen LogP contribution in [0.1, 0.15) is 33.3 Å². The molecule has 1 saturated heterocycles. The van der Waals surface area contributed by atoms with Gasteiger partial charge in [0.05, 0.1) is 11.7 Å². The van der Waals surface area contributed by atoms with Crippen LogP contribution in [0.25, 0.3) is 0 Å². The van der Waals surface area contributed by atoms with Gasteiger partial charge in [0.15, 0.2) is 0 Å². The molecule has 1 aromatic rings. The molecule has 0 aliphatic carbocycles. The lowest BCUT2D eigenvalue weighted by molar-refractivity contribution is -0.0750. The van der Waals surface area contributed by atoms with Gasteiger partial charge in [0, 0.05) is 30.3 Å². The first-order valence-electron chi connectivity index (χ1n) is 7.33. The Morgan fingerprint density at radius 2 is 2.20 bits per heavy atom. The van der Waals surface area contributed by atoms with E-state index < -0.39 is 0 Å². The fourth-order valence-electron chi connectivity index (χ4n) is 2.88. The Balaban J connectivity index is 2.27. The number of morpholine rings is 1. The Bertz CT molecular complexity index is 462. The quantitative estimate of drug-likeness (QED) is 0.921. The normalized spacial score (nSPS) is 22.1. The van der Waals surface area contributed by atoms with Crippen LogP contribution in [0.15, 0.2) is 18.2 Å². The predicted molar refractivity (Wildman–Crippen MR) is 85.7 cm³/mol. The summed E-state index contributed by atoms with van der Waals surface area (Å²) in [5, 5.41) is 4.18. The van der Waals surface area contributed by atoms with Gasteiger partial charge in [0.2, 0.25) is 0 Å². The number of rotatable bonds is 4. The van der Waals surface area contributed by atoms with E-state index in [1.807, 2.05) is 6.07 Å². The van der Waals surface area contributed by atoms with Crippen molar-refractivity contribution >= 4 is 17.3 Å². The molecule has 0 amide bonds. The van der Waals surface area contributed by atoms with Gasteiger partial charge in [-0.05, 0) is 45.0 Å². The summed E-state index contributed by atoms with van der Waals surface area (Å²) in [5.41, 5.74) is 2.39. The summed E-state index contributed by atoms with van der Waals surface area (Å²) < 4.78 is 5.99. The second kappa shape index (κ2) is 6.33. The van der Waals surface area contributed by atoms with Gasteiger partial charge in [-0.3, -0.25) is 0 Å². The summed E-state index contributed by atoms with van der Waals surface area (Å²) in [6, 6.07) is 6.16. The van der Waals surface area contributed by atoms with Crippen molar-refractivity contribution < 1.29 is 4.74 Å². The number of halogens is 1. The molecule has 1 unspecified atom stereocenters. The third kappa shape index (κ3) is 3.87. The van der Waals surface area contributed by atoms with E-state index in [0.717, 1.165) is 31.2 Å². The lowest BCUT2D eigenvalue weighted by atomic mass is 10.0. The number of benzene rings is 1. The molecule has 2 rings (SSSR count). The highest BCUT2D eigenvalue weighted by atomic mass is 35.5. The van der Waals surface area contributed by atoms with Gasteiger partial charge in [-0.1, -0.05) is 24.6 Å². The number of nitrogens with one attached hydrogen (secondary N) is 1. The number of anilines is 1. The van der Waals surface area contributed by atoms with Gasteiger partial charge in [0.1, 0.15) is 0 Å². The maximum Gasteiger partial charge on any atom is 0.0805 e. The van der Waals surface area contributed by atoms with Crippen LogP contribution in [0.2, 0.25) is 5.02 Å². The predicted octanol–water partition coefficient (Wildman–Crippen LogP) is 3.45. The summed E-state index contributed by atoms with van der Waals surface area (Å²) in [6.07, 6.45) is 0.227. The Hall–Kier alpha value is -0.770. The third-order valence-corrected chi connectivity index (χ3v) is 3.76. The van der Waals surface area contributed by atoms with E-state index in [-0.39, 0.29) is 11.7 Å². The van der Waals surface area contributed by atoms with E-state index in [2.05, 4.69) is 50.0 Å². The number of hydrogen-bond acceptors (Lipinski definition) is 3. The lowest BCUT2D eigenvalue weighted by Crippen LogP contribution is -2.52. The molecule has 1 aliphatic rings. The van der Waals surface area contributed by atoms with Gasteiger partial charge in [-0.25, -0.2) is 0 Å². The van der Waals surface area contributed by atoms with Gasteiger partial charge >= 0.3 is 0 Å². The zero-order chi connectivity index (χ0) is 14.8. The molecule has 0 radical (unpaired) electrons. The molecule has 1 heterocycles. The second-order valence-corrected chi connectivity index (χ2v) is 6.56. The zero-order valence-electron chi connectivity index (χ0n) is 12.9. The maximum absolute atomic E-state index is 6.20. The van der Waals surface area contributed by atoms with Gasteiger partial charge in [-0.2, -0.15) is 0 Å². The summed E-state index contributed by atoms with van der Waals surface area (Å²) in [5.74, 6) is 0. The van der Waals surface area contributed by atoms with Crippen LogP contribution < -0.4 is 10.2 Å². The smallest absolute Gasteiger partial charge is 0.0805 e. The van der Waals surface area contributed by atoms with Crippen molar-refractivity contribution in [2.24, 2.45) is 0 Å². The van der Waals surface area contributed by atoms with Crippen LogP contribution in [-0.4, -0.2) is 31.3 Å². The number of hydrogen-bond donors (Lipinski definition) is 1. The fraction of sp³-hybridized carbons (Fsp3) is 0.625. The molecule has 20 heavy (non-hydrogen) atoms. The molecule has 1 atom stereocenters. The van der Waals surface area contributed by atoms with Crippen molar-refractivity contribution in [2.45, 2.75) is 45.9 Å². The summed E-state index contributed by atoms with van der Waals surface area (Å²) >= 11 is 6.20. The highest BCUT2D eigenvalue weighted by molar-refractivity contribution is 6.30. The first kappa shape index (κ1) is 15.6. The fourth-order valence-corrected chi connectivity index (χ4v) is 3.04. The first-order chi connectivity index (χ1) is 9.41. The molecule has 1 aromatic carbocycles. The van der Waals surface area contributed by atoms with Gasteiger partial charge < -0.3 is 15.0 Å². The minimum absolute atomic E-state index is 0.130. The molecule has 4 heteroatoms. The van der Waals surface area contributed by atoms with Crippen LogP contribution in [0, 0.1) is 0 Å². The number of ether oxygens (including phenoxy) is 1. The van der Waals surface area contributed by atoms with E-state index in [1.165, 1.54) is 11.3 Å². The van der Waals surface area contributed by atoms with Crippen LogP contribution >= 0.6 is 11.6 Å². The van der Waals surface area contributed by atoms with Crippen molar-refractivity contribution in [1.82, 2.24) is 5.32 Å². The Morgan fingerprint density at radius 1 is 1.45 bits per heavy atom. The van der Waals surface area contributed by atoms with E-state index in [9.17, 15) is 0 Å². The Morgan fingerprint density at radius 3 is 2.85 bits per heavy atom. The van der Waals surface area contributed by atoms with Gasteiger partial charge in [-0.15, -0.1) is 0 Å². The monoisotopic (exact) mass is 296 g/mol. The van der Waals surface area contributed by atoms with Gasteiger partial charge in [0.25, 0.3) is 0 Å². The van der Waals surface area contributed by atoms with Crippen LogP contribution in [0.4, 0.5) is 5.69 Å².